The summed E-state index contributed by atoms with van der Waals surface area (Å²) in [4.78, 5) is 14.0. The fourth-order valence-electron chi connectivity index (χ4n) is 4.11. The number of hydrogen-bond acceptors (Lipinski definition) is 5. The Morgan fingerprint density at radius 2 is 1.83 bits per heavy atom. The predicted octanol–water partition coefficient (Wildman–Crippen LogP) is 4.35. The molecule has 2 aliphatic rings. The van der Waals surface area contributed by atoms with E-state index in [1.807, 2.05) is 24.3 Å². The summed E-state index contributed by atoms with van der Waals surface area (Å²) in [5.74, 6) is -0.379. The average molecular weight is 447 g/mol. The van der Waals surface area contributed by atoms with Crippen molar-refractivity contribution in [1.82, 2.24) is 4.31 Å². The molecule has 3 aromatic rings. The van der Waals surface area contributed by atoms with E-state index in [1.54, 1.807) is 17.0 Å². The summed E-state index contributed by atoms with van der Waals surface area (Å²) in [7, 11) is -3.59. The normalized spacial score (nSPS) is 18.4. The molecular formula is C21H19FN2O4S2. The van der Waals surface area contributed by atoms with Gasteiger partial charge in [0.15, 0.2) is 0 Å². The monoisotopic (exact) mass is 446 g/mol. The maximum atomic E-state index is 13.6. The van der Waals surface area contributed by atoms with Crippen LogP contribution in [0.3, 0.4) is 0 Å². The van der Waals surface area contributed by atoms with E-state index < -0.39 is 16.1 Å². The Hall–Kier alpha value is -2.49. The second-order valence-electron chi connectivity index (χ2n) is 7.44. The summed E-state index contributed by atoms with van der Waals surface area (Å²) in [6.07, 6.45) is 0.492. The number of thiophene rings is 1. The highest BCUT2D eigenvalue weighted by Crippen LogP contribution is 2.35. The number of piperidine rings is 1. The van der Waals surface area contributed by atoms with Gasteiger partial charge in [0, 0.05) is 29.4 Å². The van der Waals surface area contributed by atoms with E-state index in [2.05, 4.69) is 0 Å². The molecule has 0 atom stereocenters. The zero-order valence-electron chi connectivity index (χ0n) is 16.0. The lowest BCUT2D eigenvalue weighted by molar-refractivity contribution is 0.135. The molecular weight excluding hydrogens is 427 g/mol. The minimum Gasteiger partial charge on any atom is -0.444 e. The summed E-state index contributed by atoms with van der Waals surface area (Å²) < 4.78 is 47.8. The van der Waals surface area contributed by atoms with Crippen LogP contribution >= 0.6 is 11.3 Å². The van der Waals surface area contributed by atoms with Crippen molar-refractivity contribution in [1.29, 1.82) is 0 Å². The van der Waals surface area contributed by atoms with Gasteiger partial charge in [0.05, 0.1) is 5.69 Å². The SMILES string of the molecule is O=C1OCc2cc(F)ccc2N1C1CCN(S(=O)(=O)c2cc3ccccc3s2)CC1. The van der Waals surface area contributed by atoms with Crippen molar-refractivity contribution in [2.45, 2.75) is 29.7 Å². The number of ether oxygens (including phenoxy) is 1. The number of cyclic esters (lactones) is 1. The van der Waals surface area contributed by atoms with Gasteiger partial charge in [0.1, 0.15) is 16.6 Å². The lowest BCUT2D eigenvalue weighted by atomic mass is 10.0. The van der Waals surface area contributed by atoms with Crippen molar-refractivity contribution in [2.24, 2.45) is 0 Å². The molecule has 1 amide bonds. The minimum atomic E-state index is -3.59. The molecule has 1 fully saturated rings. The average Bonchev–Trinajstić information content (AvgIpc) is 3.19. The number of sulfonamides is 1. The van der Waals surface area contributed by atoms with E-state index in [1.165, 1.54) is 27.8 Å². The van der Waals surface area contributed by atoms with Crippen LogP contribution in [0.15, 0.2) is 52.7 Å². The van der Waals surface area contributed by atoms with E-state index in [0.717, 1.165) is 10.1 Å². The zero-order chi connectivity index (χ0) is 20.9. The van der Waals surface area contributed by atoms with Crippen LogP contribution in [0.5, 0.6) is 0 Å². The lowest BCUT2D eigenvalue weighted by Crippen LogP contribution is -2.50. The van der Waals surface area contributed by atoms with Gasteiger partial charge in [-0.05, 0) is 48.6 Å². The molecule has 6 nitrogen and oxygen atoms in total. The first kappa shape index (κ1) is 19.5. The summed E-state index contributed by atoms with van der Waals surface area (Å²) in [6.45, 7) is 0.657. The Labute approximate surface area is 177 Å². The Kier molecular flexibility index (Phi) is 4.76. The van der Waals surface area contributed by atoms with E-state index in [4.69, 9.17) is 4.74 Å². The number of amides is 1. The molecule has 0 N–H and O–H groups in total. The van der Waals surface area contributed by atoms with Gasteiger partial charge in [-0.1, -0.05) is 18.2 Å². The Morgan fingerprint density at radius 3 is 2.60 bits per heavy atom. The molecule has 3 heterocycles. The van der Waals surface area contributed by atoms with Crippen LogP contribution < -0.4 is 4.90 Å². The van der Waals surface area contributed by atoms with Crippen LogP contribution in [0, 0.1) is 5.82 Å². The Bertz CT molecular complexity index is 1200. The molecule has 1 saturated heterocycles. The van der Waals surface area contributed by atoms with Crippen LogP contribution in [-0.4, -0.2) is 37.9 Å². The number of carbonyl (C=O) groups is 1. The third-order valence-electron chi connectivity index (χ3n) is 5.63. The third kappa shape index (κ3) is 3.27. The molecule has 2 aromatic carbocycles. The highest BCUT2D eigenvalue weighted by Gasteiger charge is 2.37. The molecule has 5 rings (SSSR count). The highest BCUT2D eigenvalue weighted by atomic mass is 32.2. The van der Waals surface area contributed by atoms with E-state index in [9.17, 15) is 17.6 Å². The van der Waals surface area contributed by atoms with Crippen molar-refractivity contribution in [3.63, 3.8) is 0 Å². The number of anilines is 1. The molecule has 2 aliphatic heterocycles. The van der Waals surface area contributed by atoms with Gasteiger partial charge in [-0.25, -0.2) is 17.6 Å². The molecule has 0 saturated carbocycles. The minimum absolute atomic E-state index is 0.0432. The van der Waals surface area contributed by atoms with Gasteiger partial charge in [0.2, 0.25) is 0 Å². The smallest absolute Gasteiger partial charge is 0.414 e. The van der Waals surface area contributed by atoms with Crippen molar-refractivity contribution in [3.05, 3.63) is 59.9 Å². The molecule has 30 heavy (non-hydrogen) atoms. The summed E-state index contributed by atoms with van der Waals surface area (Å²) in [5, 5.41) is 0.913. The fraction of sp³-hybridized carbons (Fsp3) is 0.286. The van der Waals surface area contributed by atoms with Crippen LogP contribution in [0.2, 0.25) is 0 Å². The van der Waals surface area contributed by atoms with Crippen LogP contribution in [0.1, 0.15) is 18.4 Å². The van der Waals surface area contributed by atoms with Crippen LogP contribution in [0.25, 0.3) is 10.1 Å². The van der Waals surface area contributed by atoms with Gasteiger partial charge < -0.3 is 4.74 Å². The second-order valence-corrected chi connectivity index (χ2v) is 10.7. The van der Waals surface area contributed by atoms with Gasteiger partial charge in [-0.3, -0.25) is 4.90 Å². The highest BCUT2D eigenvalue weighted by molar-refractivity contribution is 7.91. The number of benzene rings is 2. The zero-order valence-corrected chi connectivity index (χ0v) is 17.6. The van der Waals surface area contributed by atoms with E-state index >= 15 is 0 Å². The van der Waals surface area contributed by atoms with Crippen LogP contribution in [-0.2, 0) is 21.4 Å². The Morgan fingerprint density at radius 1 is 1.07 bits per heavy atom. The van der Waals surface area contributed by atoms with Gasteiger partial charge in [-0.2, -0.15) is 4.31 Å². The summed E-state index contributed by atoms with van der Waals surface area (Å²) in [5.41, 5.74) is 1.26. The predicted molar refractivity (Wildman–Crippen MR) is 113 cm³/mol. The van der Waals surface area contributed by atoms with E-state index in [0.29, 0.717) is 41.4 Å². The molecule has 156 valence electrons. The van der Waals surface area contributed by atoms with Crippen molar-refractivity contribution < 1.29 is 22.3 Å². The topological polar surface area (TPSA) is 66.9 Å². The number of nitrogens with zero attached hydrogens (tertiary/aromatic N) is 2. The van der Waals surface area contributed by atoms with Gasteiger partial charge in [0.25, 0.3) is 10.0 Å². The molecule has 1 aromatic heterocycles. The number of fused-ring (bicyclic) bond motifs is 2. The summed E-state index contributed by atoms with van der Waals surface area (Å²) >= 11 is 1.27. The summed E-state index contributed by atoms with van der Waals surface area (Å²) in [6, 6.07) is 13.4. The molecule has 0 unspecified atom stereocenters. The first-order valence-corrected chi connectivity index (χ1v) is 11.9. The number of carbonyl (C=O) groups excluding carboxylic acids is 1. The van der Waals surface area contributed by atoms with Crippen molar-refractivity contribution in [2.75, 3.05) is 18.0 Å². The van der Waals surface area contributed by atoms with Crippen LogP contribution in [0.4, 0.5) is 14.9 Å². The molecule has 0 radical (unpaired) electrons. The Balaban J connectivity index is 1.36. The van der Waals surface area contributed by atoms with Gasteiger partial charge >= 0.3 is 6.09 Å². The fourth-order valence-corrected chi connectivity index (χ4v) is 7.13. The molecule has 0 aliphatic carbocycles. The first-order valence-electron chi connectivity index (χ1n) is 9.66. The maximum Gasteiger partial charge on any atom is 0.414 e. The maximum absolute atomic E-state index is 13.6. The number of hydrogen-bond donors (Lipinski definition) is 0. The van der Waals surface area contributed by atoms with Crippen molar-refractivity contribution >= 4 is 43.2 Å². The standard InChI is InChI=1S/C21H19FN2O4S2/c22-16-5-6-18-15(11-16)13-28-21(25)24(18)17-7-9-23(10-8-17)30(26,27)20-12-14-3-1-2-4-19(14)29-20/h1-6,11-12,17H,7-10,13H2. The first-order chi connectivity index (χ1) is 14.4. The second kappa shape index (κ2) is 7.33. The molecule has 0 bridgehead atoms. The molecule has 9 heteroatoms. The van der Waals surface area contributed by atoms with Gasteiger partial charge in [-0.15, -0.1) is 11.3 Å². The number of halogens is 1. The number of rotatable bonds is 3. The van der Waals surface area contributed by atoms with Crippen molar-refractivity contribution in [3.8, 4) is 0 Å². The quantitative estimate of drug-likeness (QED) is 0.600. The van der Waals surface area contributed by atoms with E-state index in [-0.39, 0.29) is 18.5 Å². The largest absolute Gasteiger partial charge is 0.444 e. The molecule has 0 spiro atoms. The third-order valence-corrected chi connectivity index (χ3v) is 9.10. The lowest BCUT2D eigenvalue weighted by Gasteiger charge is -2.39.